The van der Waals surface area contributed by atoms with E-state index in [0.29, 0.717) is 12.2 Å². The van der Waals surface area contributed by atoms with E-state index in [2.05, 4.69) is 20.3 Å². The van der Waals surface area contributed by atoms with E-state index in [9.17, 15) is 18.8 Å². The van der Waals surface area contributed by atoms with Gasteiger partial charge in [0.2, 0.25) is 5.78 Å². The molecular formula is C30H31FN6O3. The van der Waals surface area contributed by atoms with E-state index in [0.717, 1.165) is 29.8 Å². The Labute approximate surface area is 231 Å². The summed E-state index contributed by atoms with van der Waals surface area (Å²) in [5.41, 5.74) is 8.31. The van der Waals surface area contributed by atoms with Gasteiger partial charge in [-0.1, -0.05) is 44.2 Å². The van der Waals surface area contributed by atoms with Gasteiger partial charge in [0, 0.05) is 30.9 Å². The van der Waals surface area contributed by atoms with Crippen LogP contribution in [0.5, 0.6) is 0 Å². The number of Topliss-reactive ketones (excluding diaryl/α,β-unsaturated/α-hetero) is 1. The number of nitrogens with zero attached hydrogens (tertiary/aromatic N) is 4. The van der Waals surface area contributed by atoms with Crippen LogP contribution in [0.2, 0.25) is 0 Å². The largest absolute Gasteiger partial charge is 0.363 e. The number of hydrogen-bond acceptors (Lipinski definition) is 6. The molecule has 40 heavy (non-hydrogen) atoms. The molecule has 0 radical (unpaired) electrons. The Morgan fingerprint density at radius 1 is 1.02 bits per heavy atom. The van der Waals surface area contributed by atoms with Crippen molar-refractivity contribution in [3.05, 3.63) is 102 Å². The molecule has 9 nitrogen and oxygen atoms in total. The molecule has 0 saturated carbocycles. The molecule has 10 heteroatoms. The van der Waals surface area contributed by atoms with Crippen molar-refractivity contribution in [2.24, 2.45) is 5.73 Å². The number of carbonyl (C=O) groups is 3. The molecule has 2 aromatic carbocycles. The van der Waals surface area contributed by atoms with E-state index in [-0.39, 0.29) is 23.6 Å². The zero-order valence-electron chi connectivity index (χ0n) is 22.4. The molecule has 0 spiro atoms. The van der Waals surface area contributed by atoms with Gasteiger partial charge in [0.1, 0.15) is 11.9 Å². The molecule has 4 rings (SSSR count). The first kappa shape index (κ1) is 28.3. The van der Waals surface area contributed by atoms with Crippen molar-refractivity contribution in [2.45, 2.75) is 32.9 Å². The lowest BCUT2D eigenvalue weighted by molar-refractivity contribution is -0.137. The average molecular weight is 543 g/mol. The predicted octanol–water partition coefficient (Wildman–Crippen LogP) is 3.31. The van der Waals surface area contributed by atoms with Gasteiger partial charge in [-0.2, -0.15) is 5.10 Å². The fraction of sp³-hybridized carbons (Fsp3) is 0.233. The van der Waals surface area contributed by atoms with Crippen LogP contribution in [-0.4, -0.2) is 56.4 Å². The van der Waals surface area contributed by atoms with Crippen molar-refractivity contribution in [1.29, 1.82) is 0 Å². The van der Waals surface area contributed by atoms with E-state index in [1.165, 1.54) is 23.0 Å². The summed E-state index contributed by atoms with van der Waals surface area (Å²) in [4.78, 5) is 44.2. The van der Waals surface area contributed by atoms with Crippen molar-refractivity contribution in [1.82, 2.24) is 25.0 Å². The molecule has 0 bridgehead atoms. The van der Waals surface area contributed by atoms with Gasteiger partial charge in [0.05, 0.1) is 11.3 Å². The number of benzene rings is 2. The van der Waals surface area contributed by atoms with Gasteiger partial charge in [0.25, 0.3) is 11.8 Å². The molecule has 0 aliphatic heterocycles. The first-order chi connectivity index (χ1) is 19.3. The van der Waals surface area contributed by atoms with Crippen molar-refractivity contribution >= 4 is 17.6 Å². The number of ketones is 1. The van der Waals surface area contributed by atoms with E-state index in [4.69, 9.17) is 5.73 Å². The molecule has 0 saturated heterocycles. The summed E-state index contributed by atoms with van der Waals surface area (Å²) < 4.78 is 15.6. The second kappa shape index (κ2) is 12.9. The molecule has 3 N–H and O–H groups in total. The Hall–Kier alpha value is -4.70. The highest BCUT2D eigenvalue weighted by Gasteiger charge is 2.27. The number of pyridine rings is 1. The van der Waals surface area contributed by atoms with Gasteiger partial charge < -0.3 is 11.1 Å². The Balaban J connectivity index is 1.63. The highest BCUT2D eigenvalue weighted by atomic mass is 19.1. The third kappa shape index (κ3) is 6.65. The Morgan fingerprint density at radius 3 is 2.48 bits per heavy atom. The Kier molecular flexibility index (Phi) is 9.13. The summed E-state index contributed by atoms with van der Waals surface area (Å²) in [5.74, 6) is -2.75. The molecule has 0 aliphatic rings. The summed E-state index contributed by atoms with van der Waals surface area (Å²) in [6, 6.07) is 17.3. The maximum Gasteiger partial charge on any atom is 0.287 e. The lowest BCUT2D eigenvalue weighted by atomic mass is 10.0. The molecule has 1 unspecified atom stereocenters. The zero-order chi connectivity index (χ0) is 28.6. The van der Waals surface area contributed by atoms with E-state index < -0.39 is 23.6 Å². The summed E-state index contributed by atoms with van der Waals surface area (Å²) in [6.07, 6.45) is 3.28. The fourth-order valence-electron chi connectivity index (χ4n) is 4.44. The highest BCUT2D eigenvalue weighted by Crippen LogP contribution is 2.25. The molecule has 4 aromatic rings. The van der Waals surface area contributed by atoms with Crippen LogP contribution < -0.4 is 11.1 Å². The smallest absolute Gasteiger partial charge is 0.287 e. The normalized spacial score (nSPS) is 11.8. The Bertz CT molecular complexity index is 1500. The van der Waals surface area contributed by atoms with Gasteiger partial charge in [-0.05, 0) is 60.6 Å². The predicted molar refractivity (Wildman–Crippen MR) is 149 cm³/mol. The monoisotopic (exact) mass is 542 g/mol. The van der Waals surface area contributed by atoms with Crippen LogP contribution >= 0.6 is 0 Å². The molecule has 206 valence electrons. The second-order valence-corrected chi connectivity index (χ2v) is 9.23. The third-order valence-corrected chi connectivity index (χ3v) is 6.62. The van der Waals surface area contributed by atoms with Crippen LogP contribution in [0.3, 0.4) is 0 Å². The number of amides is 2. The number of rotatable bonds is 12. The SMILES string of the molecule is CCN(CC)Cc1cc(F)ccc1-c1ccn(-c2ncccc2C(=O)NC(Cc2ccccc2)C(=O)C(N)=O)n1. The van der Waals surface area contributed by atoms with Gasteiger partial charge in [-0.3, -0.25) is 19.3 Å². The Morgan fingerprint density at radius 2 is 1.77 bits per heavy atom. The summed E-state index contributed by atoms with van der Waals surface area (Å²) >= 11 is 0. The van der Waals surface area contributed by atoms with Crippen LogP contribution in [0.25, 0.3) is 17.1 Å². The zero-order valence-corrected chi connectivity index (χ0v) is 22.4. The minimum absolute atomic E-state index is 0.0930. The molecule has 0 fully saturated rings. The third-order valence-electron chi connectivity index (χ3n) is 6.62. The number of halogens is 1. The van der Waals surface area contributed by atoms with Gasteiger partial charge in [-0.25, -0.2) is 14.1 Å². The molecule has 2 aromatic heterocycles. The van der Waals surface area contributed by atoms with Crippen molar-refractivity contribution in [3.63, 3.8) is 0 Å². The first-order valence-corrected chi connectivity index (χ1v) is 13.0. The quantitative estimate of drug-likeness (QED) is 0.265. The van der Waals surface area contributed by atoms with Crippen LogP contribution in [0.1, 0.15) is 35.3 Å². The summed E-state index contributed by atoms with van der Waals surface area (Å²) in [5, 5.41) is 7.29. The minimum Gasteiger partial charge on any atom is -0.363 e. The molecule has 2 heterocycles. The lowest BCUT2D eigenvalue weighted by Gasteiger charge is -2.19. The maximum absolute atomic E-state index is 14.1. The van der Waals surface area contributed by atoms with Crippen molar-refractivity contribution < 1.29 is 18.8 Å². The van der Waals surface area contributed by atoms with E-state index >= 15 is 0 Å². The first-order valence-electron chi connectivity index (χ1n) is 13.0. The summed E-state index contributed by atoms with van der Waals surface area (Å²) in [7, 11) is 0. The fourth-order valence-corrected chi connectivity index (χ4v) is 4.44. The van der Waals surface area contributed by atoms with Crippen LogP contribution in [0.15, 0.2) is 79.1 Å². The topological polar surface area (TPSA) is 123 Å². The standard InChI is InChI=1S/C30H31FN6O3/c1-3-36(4-2)19-21-18-22(31)12-13-23(21)25-14-16-37(35-25)29-24(11-8-15-33-29)30(40)34-26(27(38)28(32)39)17-20-9-6-5-7-10-20/h5-16,18,26H,3-4,17,19H2,1-2H3,(H2,32,39)(H,34,40). The number of hydrogen-bond donors (Lipinski definition) is 2. The van der Waals surface area contributed by atoms with Crippen molar-refractivity contribution in [3.8, 4) is 17.1 Å². The molecule has 2 amide bonds. The van der Waals surface area contributed by atoms with Gasteiger partial charge >= 0.3 is 0 Å². The average Bonchev–Trinajstić information content (AvgIpc) is 3.45. The van der Waals surface area contributed by atoms with Crippen molar-refractivity contribution in [2.75, 3.05) is 13.1 Å². The van der Waals surface area contributed by atoms with Crippen LogP contribution in [0.4, 0.5) is 4.39 Å². The lowest BCUT2D eigenvalue weighted by Crippen LogP contribution is -2.47. The summed E-state index contributed by atoms with van der Waals surface area (Å²) in [6.45, 7) is 6.28. The number of nitrogens with one attached hydrogen (secondary N) is 1. The number of carbonyl (C=O) groups excluding carboxylic acids is 3. The maximum atomic E-state index is 14.1. The number of aromatic nitrogens is 3. The second-order valence-electron chi connectivity index (χ2n) is 9.23. The molecule has 1 atom stereocenters. The van der Waals surface area contributed by atoms with Crippen LogP contribution in [-0.2, 0) is 22.6 Å². The van der Waals surface area contributed by atoms with Crippen LogP contribution in [0, 0.1) is 5.82 Å². The molecular weight excluding hydrogens is 511 g/mol. The van der Waals surface area contributed by atoms with Gasteiger partial charge in [0.15, 0.2) is 5.82 Å². The number of nitrogens with two attached hydrogens (primary N) is 1. The highest BCUT2D eigenvalue weighted by molar-refractivity contribution is 6.38. The number of primary amides is 1. The van der Waals surface area contributed by atoms with E-state index in [1.807, 2.05) is 19.9 Å². The van der Waals surface area contributed by atoms with E-state index in [1.54, 1.807) is 54.7 Å². The molecule has 0 aliphatic carbocycles. The van der Waals surface area contributed by atoms with Gasteiger partial charge in [-0.15, -0.1) is 0 Å². The minimum atomic E-state index is -1.16.